The zero-order chi connectivity index (χ0) is 19.0. The highest BCUT2D eigenvalue weighted by Gasteiger charge is 2.16. The van der Waals surface area contributed by atoms with E-state index in [-0.39, 0.29) is 5.56 Å². The van der Waals surface area contributed by atoms with Crippen LogP contribution in [0.1, 0.15) is 5.56 Å². The fourth-order valence-electron chi connectivity index (χ4n) is 2.97. The molecule has 0 aliphatic carbocycles. The molecule has 2 aromatic heterocycles. The van der Waals surface area contributed by atoms with Crippen LogP contribution in [0.3, 0.4) is 0 Å². The quantitative estimate of drug-likeness (QED) is 0.493. The smallest absolute Gasteiger partial charge is 0.278 e. The van der Waals surface area contributed by atoms with E-state index in [1.165, 1.54) is 15.9 Å². The van der Waals surface area contributed by atoms with Crippen molar-refractivity contribution in [3.8, 4) is 11.4 Å². The molecule has 4 aromatic rings. The molecule has 4 rings (SSSR count). The van der Waals surface area contributed by atoms with Crippen molar-refractivity contribution >= 4 is 46.1 Å². The van der Waals surface area contributed by atoms with E-state index in [4.69, 9.17) is 29.2 Å². The Hall–Kier alpha value is -2.55. The first-order chi connectivity index (χ1) is 13.1. The summed E-state index contributed by atoms with van der Waals surface area (Å²) in [6, 6.07) is 17.2. The topological polar surface area (TPSA) is 51.9 Å². The molecule has 0 fully saturated rings. The van der Waals surface area contributed by atoms with E-state index in [9.17, 15) is 4.79 Å². The molecule has 5 nitrogen and oxygen atoms in total. The zero-order valence-corrected chi connectivity index (χ0v) is 16.8. The Bertz CT molecular complexity index is 1300. The zero-order valence-electron chi connectivity index (χ0n) is 14.3. The Balaban J connectivity index is 1.96. The summed E-state index contributed by atoms with van der Waals surface area (Å²) in [6.45, 7) is 0.572. The third-order valence-corrected chi connectivity index (χ3v) is 5.95. The van der Waals surface area contributed by atoms with Gasteiger partial charge in [-0.3, -0.25) is 4.79 Å². The predicted molar refractivity (Wildman–Crippen MR) is 114 cm³/mol. The maximum atomic E-state index is 13.2. The number of aromatic nitrogens is 3. The average molecular weight is 414 g/mol. The molecule has 0 aliphatic rings. The summed E-state index contributed by atoms with van der Waals surface area (Å²) in [6.07, 6.45) is 0. The molecule has 0 atom stereocenters. The minimum Gasteiger partial charge on any atom is -0.495 e. The second kappa shape index (κ2) is 7.22. The van der Waals surface area contributed by atoms with Crippen molar-refractivity contribution in [2.75, 3.05) is 7.11 Å². The lowest BCUT2D eigenvalue weighted by Gasteiger charge is -2.11. The third-order valence-electron chi connectivity index (χ3n) is 4.23. The number of hydrogen-bond donors (Lipinski definition) is 1. The van der Waals surface area contributed by atoms with Crippen molar-refractivity contribution < 1.29 is 4.74 Å². The number of fused-ring (bicyclic) bond motifs is 1. The van der Waals surface area contributed by atoms with Crippen LogP contribution < -0.4 is 10.3 Å². The number of rotatable bonds is 4. The van der Waals surface area contributed by atoms with Crippen molar-refractivity contribution in [1.29, 1.82) is 0 Å². The van der Waals surface area contributed by atoms with Crippen molar-refractivity contribution in [3.63, 3.8) is 0 Å². The molecule has 0 saturated carbocycles. The van der Waals surface area contributed by atoms with Crippen LogP contribution in [0.15, 0.2) is 59.4 Å². The Labute approximate surface area is 169 Å². The van der Waals surface area contributed by atoms with E-state index in [0.29, 0.717) is 37.1 Å². The fourth-order valence-corrected chi connectivity index (χ4v) is 4.53. The molecule has 0 aliphatic heterocycles. The Kier molecular flexibility index (Phi) is 4.77. The molecule has 0 spiro atoms. The number of nitrogens with zero attached hydrogens (tertiary/aromatic N) is 2. The first-order valence-electron chi connectivity index (χ1n) is 8.16. The minimum atomic E-state index is -0.207. The van der Waals surface area contributed by atoms with Gasteiger partial charge in [0.1, 0.15) is 16.1 Å². The van der Waals surface area contributed by atoms with Crippen LogP contribution in [0, 0.1) is 8.73 Å². The molecule has 27 heavy (non-hydrogen) atoms. The van der Waals surface area contributed by atoms with Crippen LogP contribution in [-0.2, 0) is 6.54 Å². The Morgan fingerprint density at radius 1 is 1.07 bits per heavy atom. The summed E-state index contributed by atoms with van der Waals surface area (Å²) < 4.78 is 10.2. The standard InChI is InChI=1S/C19H15N3O2S3/c1-24-14-10-6-5-9-13(14)22-17(23)15-16(20-18(22)25)21(19(26)27-15)11-12-7-3-2-4-8-12/h2-10H,11H2,1H3,(H,20,25). The molecule has 0 radical (unpaired) electrons. The molecule has 0 saturated heterocycles. The number of thiazole rings is 1. The molecule has 1 N–H and O–H groups in total. The van der Waals surface area contributed by atoms with Crippen molar-refractivity contribution in [2.45, 2.75) is 6.54 Å². The summed E-state index contributed by atoms with van der Waals surface area (Å²) in [5.41, 5.74) is 2.14. The van der Waals surface area contributed by atoms with E-state index >= 15 is 0 Å². The van der Waals surface area contributed by atoms with Gasteiger partial charge in [0.2, 0.25) is 0 Å². The van der Waals surface area contributed by atoms with Gasteiger partial charge in [0.05, 0.1) is 19.3 Å². The largest absolute Gasteiger partial charge is 0.495 e. The molecule has 2 aromatic carbocycles. The summed E-state index contributed by atoms with van der Waals surface area (Å²) in [5, 5.41) is 0. The maximum Gasteiger partial charge on any atom is 0.278 e. The number of ether oxygens (including phenoxy) is 1. The van der Waals surface area contributed by atoms with Gasteiger partial charge in [-0.25, -0.2) is 4.57 Å². The summed E-state index contributed by atoms with van der Waals surface area (Å²) >= 11 is 12.3. The highest BCUT2D eigenvalue weighted by Crippen LogP contribution is 2.24. The van der Waals surface area contributed by atoms with Crippen molar-refractivity contribution in [1.82, 2.24) is 14.1 Å². The molecule has 0 bridgehead atoms. The molecule has 0 amide bonds. The number of H-pyrrole nitrogens is 1. The summed E-state index contributed by atoms with van der Waals surface area (Å²) in [5.74, 6) is 0.575. The van der Waals surface area contributed by atoms with Crippen LogP contribution in [0.25, 0.3) is 16.0 Å². The molecule has 2 heterocycles. The predicted octanol–water partition coefficient (Wildman–Crippen LogP) is 4.70. The third kappa shape index (κ3) is 3.16. The van der Waals surface area contributed by atoms with Crippen LogP contribution >= 0.6 is 35.8 Å². The summed E-state index contributed by atoms with van der Waals surface area (Å²) in [4.78, 5) is 16.4. The Morgan fingerprint density at radius 2 is 1.78 bits per heavy atom. The Morgan fingerprint density at radius 3 is 2.52 bits per heavy atom. The van der Waals surface area contributed by atoms with Crippen LogP contribution in [0.5, 0.6) is 5.75 Å². The van der Waals surface area contributed by atoms with E-state index < -0.39 is 0 Å². The molecular weight excluding hydrogens is 398 g/mol. The monoisotopic (exact) mass is 413 g/mol. The van der Waals surface area contributed by atoms with Crippen LogP contribution in [0.4, 0.5) is 0 Å². The SMILES string of the molecule is COc1ccccc1-n1c(=S)[nH]c2c(sc(=S)n2Cc2ccccc2)c1=O. The number of para-hydroxylation sites is 2. The lowest BCUT2D eigenvalue weighted by Crippen LogP contribution is -2.21. The van der Waals surface area contributed by atoms with Gasteiger partial charge in [-0.15, -0.1) is 0 Å². The number of benzene rings is 2. The molecule has 8 heteroatoms. The van der Waals surface area contributed by atoms with Crippen molar-refractivity contribution in [2.24, 2.45) is 0 Å². The number of aromatic amines is 1. The molecule has 0 unspecified atom stereocenters. The number of methoxy groups -OCH3 is 1. The van der Waals surface area contributed by atoms with E-state index in [1.54, 1.807) is 19.2 Å². The van der Waals surface area contributed by atoms with E-state index in [1.807, 2.05) is 47.0 Å². The van der Waals surface area contributed by atoms with E-state index in [2.05, 4.69) is 4.98 Å². The highest BCUT2D eigenvalue weighted by atomic mass is 32.1. The van der Waals surface area contributed by atoms with Crippen LogP contribution in [0.2, 0.25) is 0 Å². The van der Waals surface area contributed by atoms with Gasteiger partial charge in [-0.05, 0) is 42.1 Å². The highest BCUT2D eigenvalue weighted by molar-refractivity contribution is 7.73. The second-order valence-corrected chi connectivity index (χ2v) is 7.89. The van der Waals surface area contributed by atoms with Gasteiger partial charge in [-0.2, -0.15) is 0 Å². The normalized spacial score (nSPS) is 11.0. The van der Waals surface area contributed by atoms with Gasteiger partial charge < -0.3 is 14.3 Å². The lowest BCUT2D eigenvalue weighted by atomic mass is 10.2. The van der Waals surface area contributed by atoms with Crippen molar-refractivity contribution in [3.05, 3.63) is 79.2 Å². The first kappa shape index (κ1) is 17.8. The van der Waals surface area contributed by atoms with Gasteiger partial charge in [0.25, 0.3) is 5.56 Å². The van der Waals surface area contributed by atoms with Gasteiger partial charge in [-0.1, -0.05) is 53.8 Å². The minimum absolute atomic E-state index is 0.207. The van der Waals surface area contributed by atoms with Gasteiger partial charge in [0, 0.05) is 0 Å². The average Bonchev–Trinajstić information content (AvgIpc) is 2.99. The van der Waals surface area contributed by atoms with Crippen LogP contribution in [-0.4, -0.2) is 21.2 Å². The fraction of sp³-hybridized carbons (Fsp3) is 0.105. The van der Waals surface area contributed by atoms with Gasteiger partial charge in [0.15, 0.2) is 8.73 Å². The number of hydrogen-bond acceptors (Lipinski definition) is 5. The molecule has 136 valence electrons. The first-order valence-corrected chi connectivity index (χ1v) is 9.79. The molecular formula is C19H15N3O2S3. The second-order valence-electron chi connectivity index (χ2n) is 5.86. The number of nitrogens with one attached hydrogen (secondary N) is 1. The summed E-state index contributed by atoms with van der Waals surface area (Å²) in [7, 11) is 1.56. The lowest BCUT2D eigenvalue weighted by molar-refractivity contribution is 0.412. The van der Waals surface area contributed by atoms with E-state index in [0.717, 1.165) is 5.56 Å². The maximum absolute atomic E-state index is 13.2. The van der Waals surface area contributed by atoms with Gasteiger partial charge >= 0.3 is 0 Å².